The van der Waals surface area contributed by atoms with E-state index in [1.54, 1.807) is 49.2 Å². The second-order valence-electron chi connectivity index (χ2n) is 5.38. The third-order valence-electron chi connectivity index (χ3n) is 3.61. The fourth-order valence-corrected chi connectivity index (χ4v) is 3.71. The van der Waals surface area contributed by atoms with Crippen LogP contribution in [0.2, 0.25) is 5.02 Å². The summed E-state index contributed by atoms with van der Waals surface area (Å²) in [7, 11) is -1.99. The van der Waals surface area contributed by atoms with Gasteiger partial charge in [0.1, 0.15) is 4.90 Å². The van der Waals surface area contributed by atoms with Gasteiger partial charge in [-0.05, 0) is 24.6 Å². The van der Waals surface area contributed by atoms with E-state index in [-0.39, 0.29) is 4.90 Å². The number of hydrogen-bond acceptors (Lipinski definition) is 4. The molecule has 0 fully saturated rings. The van der Waals surface area contributed by atoms with Crippen LogP contribution in [-0.4, -0.2) is 28.0 Å². The van der Waals surface area contributed by atoms with E-state index in [1.807, 2.05) is 6.07 Å². The summed E-state index contributed by atoms with van der Waals surface area (Å²) in [4.78, 5) is 0.161. The van der Waals surface area contributed by atoms with Gasteiger partial charge in [-0.2, -0.15) is 10.2 Å². The van der Waals surface area contributed by atoms with Crippen molar-refractivity contribution in [3.8, 4) is 0 Å². The monoisotopic (exact) mass is 365 g/mol. The van der Waals surface area contributed by atoms with Crippen LogP contribution in [0, 0.1) is 6.92 Å². The molecule has 9 heteroatoms. The first kappa shape index (κ1) is 16.5. The maximum Gasteiger partial charge on any atom is 0.265 e. The predicted octanol–water partition coefficient (Wildman–Crippen LogP) is 2.43. The molecule has 0 radical (unpaired) electrons. The summed E-state index contributed by atoms with van der Waals surface area (Å²) in [5.74, 6) is 0. The second kappa shape index (κ2) is 6.29. The van der Waals surface area contributed by atoms with E-state index in [0.717, 1.165) is 5.56 Å². The molecule has 0 bridgehead atoms. The quantitative estimate of drug-likeness (QED) is 0.752. The lowest BCUT2D eigenvalue weighted by Gasteiger charge is -2.09. The van der Waals surface area contributed by atoms with Crippen LogP contribution in [0.25, 0.3) is 0 Å². The lowest BCUT2D eigenvalue weighted by molar-refractivity contribution is 0.600. The Labute approximate surface area is 144 Å². The average Bonchev–Trinajstić information content (AvgIpc) is 3.06. The summed E-state index contributed by atoms with van der Waals surface area (Å²) in [6, 6.07) is 7.14. The standard InChI is InChI=1S/C15H16ClN5O2S/c1-11-15(8-17-20(11)2)24(22,23)19-14-5-3-4-12(6-14)9-21-10-13(16)7-18-21/h3-8,10,19H,9H2,1-2H3. The first-order valence-corrected chi connectivity index (χ1v) is 8.99. The van der Waals surface area contributed by atoms with Crippen molar-refractivity contribution >= 4 is 27.3 Å². The molecule has 0 unspecified atom stereocenters. The van der Waals surface area contributed by atoms with Crippen LogP contribution in [0.1, 0.15) is 11.3 Å². The maximum absolute atomic E-state index is 12.5. The van der Waals surface area contributed by atoms with E-state index in [1.165, 1.54) is 10.9 Å². The fourth-order valence-electron chi connectivity index (χ4n) is 2.30. The van der Waals surface area contributed by atoms with Crippen molar-refractivity contribution < 1.29 is 8.42 Å². The molecule has 0 saturated carbocycles. The molecule has 7 nitrogen and oxygen atoms in total. The first-order valence-electron chi connectivity index (χ1n) is 7.13. The maximum atomic E-state index is 12.5. The van der Waals surface area contributed by atoms with Crippen LogP contribution in [0.3, 0.4) is 0 Å². The molecule has 0 atom stereocenters. The SMILES string of the molecule is Cc1c(S(=O)(=O)Nc2cccc(Cn3cc(Cl)cn3)c2)cnn1C. The van der Waals surface area contributed by atoms with Gasteiger partial charge in [-0.25, -0.2) is 8.42 Å². The molecule has 0 saturated heterocycles. The van der Waals surface area contributed by atoms with Crippen LogP contribution in [0.4, 0.5) is 5.69 Å². The van der Waals surface area contributed by atoms with Crippen molar-refractivity contribution in [3.05, 3.63) is 59.1 Å². The Morgan fingerprint density at radius 1 is 1.25 bits per heavy atom. The van der Waals surface area contributed by atoms with E-state index in [2.05, 4.69) is 14.9 Å². The highest BCUT2D eigenvalue weighted by atomic mass is 35.5. The van der Waals surface area contributed by atoms with Crippen molar-refractivity contribution in [2.45, 2.75) is 18.4 Å². The van der Waals surface area contributed by atoms with Crippen molar-refractivity contribution in [2.24, 2.45) is 7.05 Å². The third kappa shape index (κ3) is 3.44. The topological polar surface area (TPSA) is 81.8 Å². The number of nitrogens with one attached hydrogen (secondary N) is 1. The molecule has 0 spiro atoms. The van der Waals surface area contributed by atoms with Gasteiger partial charge >= 0.3 is 0 Å². The van der Waals surface area contributed by atoms with Gasteiger partial charge < -0.3 is 0 Å². The van der Waals surface area contributed by atoms with Crippen LogP contribution < -0.4 is 4.72 Å². The van der Waals surface area contributed by atoms with Crippen LogP contribution in [0.5, 0.6) is 0 Å². The van der Waals surface area contributed by atoms with Crippen molar-refractivity contribution in [1.29, 1.82) is 0 Å². The Morgan fingerprint density at radius 2 is 2.04 bits per heavy atom. The van der Waals surface area contributed by atoms with Crippen LogP contribution >= 0.6 is 11.6 Å². The van der Waals surface area contributed by atoms with Gasteiger partial charge in [0.25, 0.3) is 10.0 Å². The summed E-state index contributed by atoms with van der Waals surface area (Å²) in [5, 5.41) is 8.64. The predicted molar refractivity (Wildman–Crippen MR) is 91.5 cm³/mol. The van der Waals surface area contributed by atoms with Gasteiger partial charge in [-0.15, -0.1) is 0 Å². The summed E-state index contributed by atoms with van der Waals surface area (Å²) in [6.07, 6.45) is 4.60. The molecule has 3 aromatic rings. The zero-order valence-corrected chi connectivity index (χ0v) is 14.7. The Hall–Kier alpha value is -2.32. The van der Waals surface area contributed by atoms with E-state index in [4.69, 9.17) is 11.6 Å². The van der Waals surface area contributed by atoms with Gasteiger partial charge in [0.05, 0.1) is 29.7 Å². The molecule has 1 N–H and O–H groups in total. The minimum Gasteiger partial charge on any atom is -0.280 e. The minimum absolute atomic E-state index is 0.161. The molecule has 0 amide bonds. The average molecular weight is 366 g/mol. The van der Waals surface area contributed by atoms with E-state index in [0.29, 0.717) is 22.9 Å². The molecule has 0 aliphatic carbocycles. The normalized spacial score (nSPS) is 11.6. The summed E-state index contributed by atoms with van der Waals surface area (Å²) >= 11 is 5.85. The molecule has 2 aromatic heterocycles. The Bertz CT molecular complexity index is 977. The van der Waals surface area contributed by atoms with Gasteiger partial charge in [0, 0.05) is 18.9 Å². The van der Waals surface area contributed by atoms with Gasteiger partial charge in [-0.1, -0.05) is 23.7 Å². The highest BCUT2D eigenvalue weighted by molar-refractivity contribution is 7.92. The molecule has 0 aliphatic rings. The highest BCUT2D eigenvalue weighted by Gasteiger charge is 2.20. The van der Waals surface area contributed by atoms with Gasteiger partial charge in [0.2, 0.25) is 0 Å². The number of aromatic nitrogens is 4. The van der Waals surface area contributed by atoms with E-state index in [9.17, 15) is 8.42 Å². The van der Waals surface area contributed by atoms with Gasteiger partial charge in [0.15, 0.2) is 0 Å². The number of hydrogen-bond donors (Lipinski definition) is 1. The third-order valence-corrected chi connectivity index (χ3v) is 5.28. The number of aryl methyl sites for hydroxylation is 1. The highest BCUT2D eigenvalue weighted by Crippen LogP contribution is 2.20. The minimum atomic E-state index is -3.69. The number of benzene rings is 1. The fraction of sp³-hybridized carbons (Fsp3) is 0.200. The molecule has 24 heavy (non-hydrogen) atoms. The van der Waals surface area contributed by atoms with Gasteiger partial charge in [-0.3, -0.25) is 14.1 Å². The Morgan fingerprint density at radius 3 is 2.67 bits per heavy atom. The first-order chi connectivity index (χ1) is 11.3. The Balaban J connectivity index is 1.83. The summed E-state index contributed by atoms with van der Waals surface area (Å²) in [6.45, 7) is 2.20. The smallest absolute Gasteiger partial charge is 0.265 e. The number of anilines is 1. The molecule has 126 valence electrons. The van der Waals surface area contributed by atoms with Crippen molar-refractivity contribution in [3.63, 3.8) is 0 Å². The largest absolute Gasteiger partial charge is 0.280 e. The summed E-state index contributed by atoms with van der Waals surface area (Å²) < 4.78 is 30.8. The lowest BCUT2D eigenvalue weighted by Crippen LogP contribution is -2.14. The van der Waals surface area contributed by atoms with E-state index < -0.39 is 10.0 Å². The number of rotatable bonds is 5. The molecular weight excluding hydrogens is 350 g/mol. The zero-order chi connectivity index (χ0) is 17.3. The van der Waals surface area contributed by atoms with Crippen LogP contribution in [0.15, 0.2) is 47.8 Å². The number of nitrogens with zero attached hydrogens (tertiary/aromatic N) is 4. The summed E-state index contributed by atoms with van der Waals surface area (Å²) in [5.41, 5.74) is 1.96. The molecular formula is C15H16ClN5O2S. The lowest BCUT2D eigenvalue weighted by atomic mass is 10.2. The molecule has 2 heterocycles. The van der Waals surface area contributed by atoms with Crippen molar-refractivity contribution in [1.82, 2.24) is 19.6 Å². The number of halogens is 1. The van der Waals surface area contributed by atoms with Crippen LogP contribution in [-0.2, 0) is 23.6 Å². The Kier molecular flexibility index (Phi) is 4.33. The number of sulfonamides is 1. The van der Waals surface area contributed by atoms with Crippen molar-refractivity contribution in [2.75, 3.05) is 4.72 Å². The zero-order valence-electron chi connectivity index (χ0n) is 13.1. The molecule has 0 aliphatic heterocycles. The van der Waals surface area contributed by atoms with E-state index >= 15 is 0 Å². The molecule has 3 rings (SSSR count). The molecule has 1 aromatic carbocycles. The second-order valence-corrected chi connectivity index (χ2v) is 7.47.